The van der Waals surface area contributed by atoms with E-state index < -0.39 is 5.97 Å². The van der Waals surface area contributed by atoms with Crippen molar-refractivity contribution in [2.75, 3.05) is 0 Å². The number of Topliss-reactive ketones (excluding diaryl/α,β-unsaturated/α-hetero) is 2. The number of carbonyl (C=O) groups excluding carboxylic acids is 2. The average Bonchev–Trinajstić information content (AvgIpc) is 2.93. The summed E-state index contributed by atoms with van der Waals surface area (Å²) in [5.74, 6) is -1.33. The second-order valence-corrected chi connectivity index (χ2v) is 10.2. The quantitative estimate of drug-likeness (QED) is 0.237. The number of hydrogen-bond acceptors (Lipinski definition) is 3. The monoisotopic (exact) mass is 504 g/mol. The minimum Gasteiger partial charge on any atom is -0.478 e. The Hall–Kier alpha value is -4.31. The molecule has 0 aliphatic rings. The normalized spacial score (nSPS) is 11.3. The van der Waals surface area contributed by atoms with Crippen LogP contribution in [0.25, 0.3) is 11.1 Å². The van der Waals surface area contributed by atoms with Gasteiger partial charge in [0.1, 0.15) is 0 Å². The van der Waals surface area contributed by atoms with Gasteiger partial charge in [-0.25, -0.2) is 4.79 Å². The molecule has 0 amide bonds. The van der Waals surface area contributed by atoms with Gasteiger partial charge in [0, 0.05) is 29.4 Å². The Labute approximate surface area is 224 Å². The van der Waals surface area contributed by atoms with E-state index in [4.69, 9.17) is 0 Å². The highest BCUT2D eigenvalue weighted by molar-refractivity contribution is 6.06. The predicted molar refractivity (Wildman–Crippen MR) is 151 cm³/mol. The summed E-state index contributed by atoms with van der Waals surface area (Å²) in [7, 11) is 0. The van der Waals surface area contributed by atoms with Gasteiger partial charge in [0.15, 0.2) is 11.6 Å². The molecule has 0 fully saturated rings. The van der Waals surface area contributed by atoms with Crippen molar-refractivity contribution in [3.05, 3.63) is 130 Å². The van der Waals surface area contributed by atoms with E-state index in [1.54, 1.807) is 31.2 Å². The highest BCUT2D eigenvalue weighted by Crippen LogP contribution is 2.32. The van der Waals surface area contributed by atoms with E-state index in [1.165, 1.54) is 22.8 Å². The van der Waals surface area contributed by atoms with E-state index in [9.17, 15) is 19.5 Å². The van der Waals surface area contributed by atoms with Gasteiger partial charge in [0.05, 0.1) is 5.56 Å². The minimum absolute atomic E-state index is 0.0106. The Morgan fingerprint density at radius 3 is 1.79 bits per heavy atom. The molecule has 0 heterocycles. The summed E-state index contributed by atoms with van der Waals surface area (Å²) in [6.45, 7) is 8.19. The fraction of sp³-hybridized carbons (Fsp3) is 0.206. The van der Waals surface area contributed by atoms with Gasteiger partial charge in [-0.2, -0.15) is 0 Å². The third-order valence-electron chi connectivity index (χ3n) is 7.23. The van der Waals surface area contributed by atoms with Gasteiger partial charge in [-0.3, -0.25) is 9.59 Å². The van der Waals surface area contributed by atoms with Gasteiger partial charge in [0.2, 0.25) is 0 Å². The number of carboxylic acids is 1. The first-order valence-electron chi connectivity index (χ1n) is 12.8. The topological polar surface area (TPSA) is 71.4 Å². The molecule has 38 heavy (non-hydrogen) atoms. The molecule has 4 aromatic carbocycles. The highest BCUT2D eigenvalue weighted by Gasteiger charge is 2.23. The van der Waals surface area contributed by atoms with Crippen molar-refractivity contribution in [3.63, 3.8) is 0 Å². The molecule has 0 aliphatic heterocycles. The number of carboxylic acid groups (broad SMARTS) is 1. The van der Waals surface area contributed by atoms with E-state index in [-0.39, 0.29) is 34.5 Å². The molecule has 4 aromatic rings. The Balaban J connectivity index is 1.48. The van der Waals surface area contributed by atoms with Crippen LogP contribution in [0.2, 0.25) is 0 Å². The van der Waals surface area contributed by atoms with Crippen molar-refractivity contribution < 1.29 is 19.5 Å². The summed E-state index contributed by atoms with van der Waals surface area (Å²) in [4.78, 5) is 36.8. The van der Waals surface area contributed by atoms with Crippen LogP contribution in [0.4, 0.5) is 0 Å². The SMILES string of the molecule is CCC(=O)c1ccc(-c2ccc(C(=O)Cc3ccc(C(C)(C)c4ccc(C)cc4)cc3)cc2)cc1C(=O)O. The molecular weight excluding hydrogens is 472 g/mol. The fourth-order valence-electron chi connectivity index (χ4n) is 4.65. The maximum absolute atomic E-state index is 13.0. The van der Waals surface area contributed by atoms with Gasteiger partial charge in [-0.1, -0.05) is 105 Å². The van der Waals surface area contributed by atoms with E-state index in [2.05, 4.69) is 57.2 Å². The summed E-state index contributed by atoms with van der Waals surface area (Å²) >= 11 is 0. The number of carbonyl (C=O) groups is 3. The Morgan fingerprint density at radius 1 is 0.684 bits per heavy atom. The lowest BCUT2D eigenvalue weighted by molar-refractivity contribution is 0.0691. The molecule has 0 aliphatic carbocycles. The predicted octanol–water partition coefficient (Wildman–Crippen LogP) is 7.70. The second-order valence-electron chi connectivity index (χ2n) is 10.2. The highest BCUT2D eigenvalue weighted by atomic mass is 16.4. The van der Waals surface area contributed by atoms with Crippen LogP contribution in [-0.2, 0) is 11.8 Å². The van der Waals surface area contributed by atoms with Crippen LogP contribution in [0.5, 0.6) is 0 Å². The number of benzene rings is 4. The van der Waals surface area contributed by atoms with Crippen LogP contribution < -0.4 is 0 Å². The van der Waals surface area contributed by atoms with Gasteiger partial charge < -0.3 is 5.11 Å². The molecule has 0 bridgehead atoms. The molecule has 0 saturated carbocycles. The van der Waals surface area contributed by atoms with Gasteiger partial charge in [-0.15, -0.1) is 0 Å². The van der Waals surface area contributed by atoms with Crippen LogP contribution in [0.1, 0.15) is 80.5 Å². The summed E-state index contributed by atoms with van der Waals surface area (Å²) in [6.07, 6.45) is 0.533. The summed E-state index contributed by atoms with van der Waals surface area (Å²) < 4.78 is 0. The standard InChI is InChI=1S/C34H32O4/c1-5-31(35)29-19-14-26(21-30(29)33(37)38)24-10-12-25(13-11-24)32(36)20-23-8-17-28(18-9-23)34(3,4)27-15-6-22(2)7-16-27/h6-19,21H,5,20H2,1-4H3,(H,37,38). The first-order chi connectivity index (χ1) is 18.1. The van der Waals surface area contributed by atoms with Crippen LogP contribution >= 0.6 is 0 Å². The molecular formula is C34H32O4. The summed E-state index contributed by atoms with van der Waals surface area (Å²) in [5.41, 5.74) is 6.73. The molecule has 0 unspecified atom stereocenters. The van der Waals surface area contributed by atoms with Crippen molar-refractivity contribution in [1.82, 2.24) is 0 Å². The van der Waals surface area contributed by atoms with Crippen molar-refractivity contribution in [2.45, 2.75) is 46.0 Å². The lowest BCUT2D eigenvalue weighted by atomic mass is 9.77. The molecule has 0 saturated heterocycles. The zero-order valence-corrected chi connectivity index (χ0v) is 22.2. The average molecular weight is 505 g/mol. The Bertz CT molecular complexity index is 1480. The van der Waals surface area contributed by atoms with Crippen LogP contribution in [0.3, 0.4) is 0 Å². The number of aryl methyl sites for hydroxylation is 1. The maximum atomic E-state index is 13.0. The number of ketones is 2. The lowest BCUT2D eigenvalue weighted by Gasteiger charge is -2.26. The minimum atomic E-state index is -1.14. The first kappa shape index (κ1) is 26.7. The largest absolute Gasteiger partial charge is 0.478 e. The zero-order chi connectivity index (χ0) is 27.4. The van der Waals surface area contributed by atoms with E-state index >= 15 is 0 Å². The van der Waals surface area contributed by atoms with Gasteiger partial charge in [-0.05, 0) is 46.9 Å². The Kier molecular flexibility index (Phi) is 7.72. The molecule has 0 radical (unpaired) electrons. The first-order valence-corrected chi connectivity index (χ1v) is 12.8. The number of hydrogen-bond donors (Lipinski definition) is 1. The fourth-order valence-corrected chi connectivity index (χ4v) is 4.65. The van der Waals surface area contributed by atoms with E-state index in [1.807, 2.05) is 24.3 Å². The Morgan fingerprint density at radius 2 is 1.24 bits per heavy atom. The number of aromatic carboxylic acids is 1. The molecule has 0 spiro atoms. The van der Waals surface area contributed by atoms with Crippen LogP contribution in [0.15, 0.2) is 91.0 Å². The molecule has 0 aromatic heterocycles. The van der Waals surface area contributed by atoms with E-state index in [0.717, 1.165) is 11.1 Å². The van der Waals surface area contributed by atoms with Gasteiger partial charge >= 0.3 is 5.97 Å². The second kappa shape index (κ2) is 11.0. The van der Waals surface area contributed by atoms with Crippen molar-refractivity contribution in [1.29, 1.82) is 0 Å². The third kappa shape index (κ3) is 5.65. The molecule has 4 heteroatoms. The summed E-state index contributed by atoms with van der Waals surface area (Å²) in [6, 6.07) is 28.8. The molecule has 1 N–H and O–H groups in total. The smallest absolute Gasteiger partial charge is 0.336 e. The molecule has 4 rings (SSSR count). The van der Waals surface area contributed by atoms with Crippen LogP contribution in [0, 0.1) is 6.92 Å². The van der Waals surface area contributed by atoms with Gasteiger partial charge in [0.25, 0.3) is 0 Å². The maximum Gasteiger partial charge on any atom is 0.336 e. The third-order valence-corrected chi connectivity index (χ3v) is 7.23. The van der Waals surface area contributed by atoms with Crippen molar-refractivity contribution in [2.24, 2.45) is 0 Å². The molecule has 4 nitrogen and oxygen atoms in total. The van der Waals surface area contributed by atoms with Crippen molar-refractivity contribution in [3.8, 4) is 11.1 Å². The summed E-state index contributed by atoms with van der Waals surface area (Å²) in [5, 5.41) is 9.57. The van der Waals surface area contributed by atoms with Crippen LogP contribution in [-0.4, -0.2) is 22.6 Å². The van der Waals surface area contributed by atoms with E-state index in [0.29, 0.717) is 17.5 Å². The molecule has 0 atom stereocenters. The van der Waals surface area contributed by atoms with Crippen molar-refractivity contribution >= 4 is 17.5 Å². The zero-order valence-electron chi connectivity index (χ0n) is 22.2. The molecule has 192 valence electrons. The number of rotatable bonds is 9. The lowest BCUT2D eigenvalue weighted by Crippen LogP contribution is -2.18.